The molecular formula is C17H20ClN3O. The largest absolute Gasteiger partial charge is 0.311 e. The third-order valence-corrected chi connectivity index (χ3v) is 4.71. The van der Waals surface area contributed by atoms with E-state index in [4.69, 9.17) is 11.6 Å². The van der Waals surface area contributed by atoms with E-state index >= 15 is 0 Å². The summed E-state index contributed by atoms with van der Waals surface area (Å²) in [5.41, 5.74) is 1.07. The molecule has 116 valence electrons. The average molecular weight is 318 g/mol. The minimum absolute atomic E-state index is 0.000169. The molecule has 0 aliphatic heterocycles. The van der Waals surface area contributed by atoms with Crippen LogP contribution in [-0.4, -0.2) is 15.7 Å². The number of hydrogen-bond acceptors (Lipinski definition) is 2. The van der Waals surface area contributed by atoms with Crippen molar-refractivity contribution in [3.05, 3.63) is 47.1 Å². The maximum Gasteiger partial charge on any atom is 0.229 e. The zero-order chi connectivity index (χ0) is 15.7. The molecule has 1 aromatic carbocycles. The number of hydrogen-bond donors (Lipinski definition) is 1. The summed E-state index contributed by atoms with van der Waals surface area (Å²) < 4.78 is 1.87. The van der Waals surface area contributed by atoms with Gasteiger partial charge in [0.1, 0.15) is 5.82 Å². The maximum atomic E-state index is 12.4. The molecule has 3 unspecified atom stereocenters. The zero-order valence-corrected chi connectivity index (χ0v) is 13.5. The molecule has 0 bridgehead atoms. The molecule has 1 N–H and O–H groups in total. The van der Waals surface area contributed by atoms with Gasteiger partial charge in [0.2, 0.25) is 5.91 Å². The predicted octanol–water partition coefficient (Wildman–Crippen LogP) is 4.25. The van der Waals surface area contributed by atoms with Gasteiger partial charge >= 0.3 is 0 Å². The van der Waals surface area contributed by atoms with Crippen molar-refractivity contribution >= 4 is 23.3 Å². The summed E-state index contributed by atoms with van der Waals surface area (Å²) in [5.74, 6) is 1.05. The topological polar surface area (TPSA) is 46.9 Å². The van der Waals surface area contributed by atoms with E-state index in [9.17, 15) is 4.79 Å². The molecule has 3 rings (SSSR count). The van der Waals surface area contributed by atoms with Crippen molar-refractivity contribution in [1.82, 2.24) is 9.78 Å². The molecule has 5 heteroatoms. The molecule has 22 heavy (non-hydrogen) atoms. The lowest BCUT2D eigenvalue weighted by Gasteiger charge is -2.14. The number of nitrogens with zero attached hydrogens (tertiary/aromatic N) is 2. The van der Waals surface area contributed by atoms with Gasteiger partial charge in [-0.1, -0.05) is 36.7 Å². The van der Waals surface area contributed by atoms with E-state index in [-0.39, 0.29) is 23.8 Å². The SMILES string of the molecule is CCC(C)n1nccc1NC(=O)C1CC1c1ccccc1Cl. The standard InChI is InChI=1S/C17H20ClN3O/c1-3-11(2)21-16(8-9-19-21)20-17(22)14-10-13(14)12-6-4-5-7-15(12)18/h4-9,11,13-14H,3,10H2,1-2H3,(H,20,22). The average Bonchev–Trinajstić information content (AvgIpc) is 3.19. The van der Waals surface area contributed by atoms with E-state index in [1.807, 2.05) is 35.0 Å². The Morgan fingerprint density at radius 3 is 2.95 bits per heavy atom. The van der Waals surface area contributed by atoms with Crippen molar-refractivity contribution < 1.29 is 4.79 Å². The number of benzene rings is 1. The first-order valence-electron chi connectivity index (χ1n) is 7.70. The smallest absolute Gasteiger partial charge is 0.229 e. The number of nitrogens with one attached hydrogen (secondary N) is 1. The number of halogens is 1. The van der Waals surface area contributed by atoms with Crippen molar-refractivity contribution in [3.63, 3.8) is 0 Å². The molecule has 0 radical (unpaired) electrons. The molecule has 1 aliphatic carbocycles. The number of anilines is 1. The third kappa shape index (κ3) is 2.88. The van der Waals surface area contributed by atoms with E-state index in [0.717, 1.165) is 29.2 Å². The van der Waals surface area contributed by atoms with Crippen LogP contribution in [0, 0.1) is 5.92 Å². The third-order valence-electron chi connectivity index (χ3n) is 4.36. The Labute approximate surface area is 135 Å². The number of carbonyl (C=O) groups is 1. The van der Waals surface area contributed by atoms with Crippen LogP contribution in [0.25, 0.3) is 0 Å². The molecule has 1 amide bonds. The van der Waals surface area contributed by atoms with Crippen LogP contribution in [0.15, 0.2) is 36.5 Å². The van der Waals surface area contributed by atoms with Crippen molar-refractivity contribution in [2.45, 2.75) is 38.6 Å². The summed E-state index contributed by atoms with van der Waals surface area (Å²) in [7, 11) is 0. The van der Waals surface area contributed by atoms with Gasteiger partial charge in [-0.3, -0.25) is 4.79 Å². The second-order valence-corrected chi connectivity index (χ2v) is 6.28. The Balaban J connectivity index is 1.68. The van der Waals surface area contributed by atoms with Gasteiger partial charge in [0.05, 0.1) is 12.2 Å². The summed E-state index contributed by atoms with van der Waals surface area (Å²) >= 11 is 6.21. The molecule has 2 aromatic rings. The van der Waals surface area contributed by atoms with Crippen LogP contribution in [0.1, 0.15) is 44.2 Å². The number of amides is 1. The predicted molar refractivity (Wildman–Crippen MR) is 88.2 cm³/mol. The van der Waals surface area contributed by atoms with Crippen molar-refractivity contribution in [1.29, 1.82) is 0 Å². The molecule has 1 aliphatic rings. The van der Waals surface area contributed by atoms with Gasteiger partial charge in [0.25, 0.3) is 0 Å². The highest BCUT2D eigenvalue weighted by Gasteiger charge is 2.45. The van der Waals surface area contributed by atoms with Crippen LogP contribution in [0.5, 0.6) is 0 Å². The van der Waals surface area contributed by atoms with Gasteiger partial charge in [-0.25, -0.2) is 4.68 Å². The molecule has 1 heterocycles. The number of aromatic nitrogens is 2. The second kappa shape index (κ2) is 6.13. The zero-order valence-electron chi connectivity index (χ0n) is 12.8. The summed E-state index contributed by atoms with van der Waals surface area (Å²) in [6.07, 6.45) is 3.55. The quantitative estimate of drug-likeness (QED) is 0.896. The first-order chi connectivity index (χ1) is 10.6. The molecule has 4 nitrogen and oxygen atoms in total. The fourth-order valence-corrected chi connectivity index (χ4v) is 3.04. The number of carbonyl (C=O) groups excluding carboxylic acids is 1. The van der Waals surface area contributed by atoms with Crippen LogP contribution in [-0.2, 0) is 4.79 Å². The Morgan fingerprint density at radius 2 is 2.23 bits per heavy atom. The molecule has 0 saturated heterocycles. The molecular weight excluding hydrogens is 298 g/mol. The van der Waals surface area contributed by atoms with Crippen molar-refractivity contribution in [3.8, 4) is 0 Å². The highest BCUT2D eigenvalue weighted by molar-refractivity contribution is 6.31. The monoisotopic (exact) mass is 317 g/mol. The van der Waals surface area contributed by atoms with Gasteiger partial charge < -0.3 is 5.32 Å². The van der Waals surface area contributed by atoms with E-state index in [1.54, 1.807) is 6.20 Å². The van der Waals surface area contributed by atoms with Crippen LogP contribution < -0.4 is 5.32 Å². The van der Waals surface area contributed by atoms with Crippen LogP contribution in [0.3, 0.4) is 0 Å². The minimum Gasteiger partial charge on any atom is -0.311 e. The lowest BCUT2D eigenvalue weighted by atomic mass is 10.1. The fraction of sp³-hybridized carbons (Fsp3) is 0.412. The lowest BCUT2D eigenvalue weighted by Crippen LogP contribution is -2.19. The van der Waals surface area contributed by atoms with Gasteiger partial charge in [-0.15, -0.1) is 0 Å². The number of rotatable bonds is 5. The Bertz CT molecular complexity index is 682. The van der Waals surface area contributed by atoms with E-state index in [0.29, 0.717) is 0 Å². The normalized spacial score (nSPS) is 21.4. The minimum atomic E-state index is 0.000169. The van der Waals surface area contributed by atoms with Crippen molar-refractivity contribution in [2.75, 3.05) is 5.32 Å². The molecule has 1 aromatic heterocycles. The first kappa shape index (κ1) is 15.1. The Hall–Kier alpha value is -1.81. The van der Waals surface area contributed by atoms with Crippen LogP contribution in [0.4, 0.5) is 5.82 Å². The highest BCUT2D eigenvalue weighted by Crippen LogP contribution is 2.50. The summed E-state index contributed by atoms with van der Waals surface area (Å²) in [4.78, 5) is 12.4. The Kier molecular flexibility index (Phi) is 4.21. The molecule has 3 atom stereocenters. The summed E-state index contributed by atoms with van der Waals surface area (Å²) in [6, 6.07) is 9.87. The highest BCUT2D eigenvalue weighted by atomic mass is 35.5. The van der Waals surface area contributed by atoms with E-state index in [2.05, 4.69) is 24.3 Å². The van der Waals surface area contributed by atoms with Gasteiger partial charge in [-0.05, 0) is 37.3 Å². The second-order valence-electron chi connectivity index (χ2n) is 5.88. The van der Waals surface area contributed by atoms with Gasteiger partial charge in [0.15, 0.2) is 0 Å². The van der Waals surface area contributed by atoms with E-state index < -0.39 is 0 Å². The van der Waals surface area contributed by atoms with Crippen molar-refractivity contribution in [2.24, 2.45) is 5.92 Å². The lowest BCUT2D eigenvalue weighted by molar-refractivity contribution is -0.117. The van der Waals surface area contributed by atoms with E-state index in [1.165, 1.54) is 0 Å². The molecule has 1 saturated carbocycles. The van der Waals surface area contributed by atoms with Crippen LogP contribution in [0.2, 0.25) is 5.02 Å². The summed E-state index contributed by atoms with van der Waals surface area (Å²) in [6.45, 7) is 4.19. The molecule has 0 spiro atoms. The summed E-state index contributed by atoms with van der Waals surface area (Å²) in [5, 5.41) is 8.04. The Morgan fingerprint density at radius 1 is 1.45 bits per heavy atom. The van der Waals surface area contributed by atoms with Crippen LogP contribution >= 0.6 is 11.6 Å². The maximum absolute atomic E-state index is 12.4. The first-order valence-corrected chi connectivity index (χ1v) is 8.08. The fourth-order valence-electron chi connectivity index (χ4n) is 2.76. The molecule has 1 fully saturated rings. The van der Waals surface area contributed by atoms with Gasteiger partial charge in [-0.2, -0.15) is 5.10 Å². The van der Waals surface area contributed by atoms with Gasteiger partial charge in [0, 0.05) is 17.0 Å².